The van der Waals surface area contributed by atoms with Crippen molar-refractivity contribution < 1.29 is 14.4 Å². The second-order valence-corrected chi connectivity index (χ2v) is 9.53. The average Bonchev–Trinajstić information content (AvgIpc) is 3.55. The molecule has 2 fully saturated rings. The standard InChI is InChI=1S/C26H25N3O3S/c1-17-6-10-20(11-7-17)29-24(31)16-21(25(29)22-4-3-15-33-22)26(32)27-18-8-12-19(13-9-18)28-14-2-5-23(28)30/h3-4,6-13,15,21,25H,2,5,14,16H2,1H3,(H,27,32)/t21-,25+/m1/s1. The van der Waals surface area contributed by atoms with E-state index in [1.807, 2.05) is 73.0 Å². The fourth-order valence-electron chi connectivity index (χ4n) is 4.65. The Bertz CT molecular complexity index is 1170. The van der Waals surface area contributed by atoms with E-state index in [4.69, 9.17) is 0 Å². The van der Waals surface area contributed by atoms with Crippen LogP contribution in [-0.4, -0.2) is 24.3 Å². The SMILES string of the molecule is Cc1ccc(N2C(=O)C[C@@H](C(=O)Nc3ccc(N4CCCC4=O)cc3)[C@H]2c2cccs2)cc1. The van der Waals surface area contributed by atoms with Crippen LogP contribution in [0.2, 0.25) is 0 Å². The second kappa shape index (κ2) is 8.83. The number of rotatable bonds is 5. The molecule has 2 aliphatic heterocycles. The van der Waals surface area contributed by atoms with Crippen LogP contribution in [0.1, 0.15) is 35.7 Å². The Morgan fingerprint density at radius 1 is 0.970 bits per heavy atom. The maximum atomic E-state index is 13.3. The third-order valence-electron chi connectivity index (χ3n) is 6.33. The van der Waals surface area contributed by atoms with E-state index in [1.54, 1.807) is 21.1 Å². The molecule has 2 aliphatic rings. The minimum atomic E-state index is -0.503. The third kappa shape index (κ3) is 4.16. The highest BCUT2D eigenvalue weighted by Gasteiger charge is 2.45. The molecule has 3 amide bonds. The van der Waals surface area contributed by atoms with Gasteiger partial charge in [-0.25, -0.2) is 0 Å². The van der Waals surface area contributed by atoms with Crippen molar-refractivity contribution in [1.82, 2.24) is 0 Å². The van der Waals surface area contributed by atoms with Gasteiger partial charge in [-0.05, 0) is 61.2 Å². The summed E-state index contributed by atoms with van der Waals surface area (Å²) in [6, 6.07) is 18.8. The van der Waals surface area contributed by atoms with Crippen LogP contribution in [0.25, 0.3) is 0 Å². The van der Waals surface area contributed by atoms with Crippen molar-refractivity contribution in [2.75, 3.05) is 21.7 Å². The third-order valence-corrected chi connectivity index (χ3v) is 7.27. The van der Waals surface area contributed by atoms with Crippen molar-refractivity contribution in [3.8, 4) is 0 Å². The lowest BCUT2D eigenvalue weighted by molar-refractivity contribution is -0.122. The normalized spacial score (nSPS) is 20.5. The van der Waals surface area contributed by atoms with Crippen LogP contribution >= 0.6 is 11.3 Å². The highest BCUT2D eigenvalue weighted by Crippen LogP contribution is 2.43. The Balaban J connectivity index is 1.38. The van der Waals surface area contributed by atoms with Crippen molar-refractivity contribution in [3.63, 3.8) is 0 Å². The van der Waals surface area contributed by atoms with Crippen molar-refractivity contribution in [2.45, 2.75) is 32.2 Å². The van der Waals surface area contributed by atoms with Crippen LogP contribution in [0.4, 0.5) is 17.1 Å². The smallest absolute Gasteiger partial charge is 0.230 e. The average molecular weight is 460 g/mol. The van der Waals surface area contributed by atoms with Gasteiger partial charge in [-0.2, -0.15) is 0 Å². The largest absolute Gasteiger partial charge is 0.326 e. The summed E-state index contributed by atoms with van der Waals surface area (Å²) >= 11 is 1.56. The van der Waals surface area contributed by atoms with Crippen molar-refractivity contribution in [2.24, 2.45) is 5.92 Å². The van der Waals surface area contributed by atoms with Gasteiger partial charge in [0.1, 0.15) is 0 Å². The van der Waals surface area contributed by atoms with Gasteiger partial charge in [0.15, 0.2) is 0 Å². The summed E-state index contributed by atoms with van der Waals surface area (Å²) in [4.78, 5) is 42.9. The zero-order chi connectivity index (χ0) is 22.9. The van der Waals surface area contributed by atoms with E-state index in [2.05, 4.69) is 5.32 Å². The van der Waals surface area contributed by atoms with Gasteiger partial charge in [0, 0.05) is 41.3 Å². The molecule has 33 heavy (non-hydrogen) atoms. The van der Waals surface area contributed by atoms with Crippen LogP contribution in [0.15, 0.2) is 66.0 Å². The van der Waals surface area contributed by atoms with E-state index in [0.717, 1.165) is 34.8 Å². The minimum Gasteiger partial charge on any atom is -0.326 e. The number of carbonyl (C=O) groups is 3. The molecule has 7 heteroatoms. The molecule has 0 radical (unpaired) electrons. The number of amides is 3. The van der Waals surface area contributed by atoms with Crippen LogP contribution in [0.5, 0.6) is 0 Å². The maximum Gasteiger partial charge on any atom is 0.230 e. The molecular formula is C26H25N3O3S. The summed E-state index contributed by atoms with van der Waals surface area (Å²) in [5, 5.41) is 4.96. The van der Waals surface area contributed by atoms with Crippen LogP contribution in [-0.2, 0) is 14.4 Å². The number of nitrogens with zero attached hydrogens (tertiary/aromatic N) is 2. The molecule has 1 aromatic heterocycles. The van der Waals surface area contributed by atoms with Crippen LogP contribution in [0.3, 0.4) is 0 Å². The topological polar surface area (TPSA) is 69.7 Å². The number of thiophene rings is 1. The number of hydrogen-bond acceptors (Lipinski definition) is 4. The van der Waals surface area contributed by atoms with Gasteiger partial charge in [-0.15, -0.1) is 11.3 Å². The van der Waals surface area contributed by atoms with Crippen LogP contribution < -0.4 is 15.1 Å². The molecule has 1 N–H and O–H groups in total. The summed E-state index contributed by atoms with van der Waals surface area (Å²) in [5.41, 5.74) is 3.42. The van der Waals surface area contributed by atoms with Gasteiger partial charge >= 0.3 is 0 Å². The van der Waals surface area contributed by atoms with Gasteiger partial charge in [-0.3, -0.25) is 14.4 Å². The summed E-state index contributed by atoms with van der Waals surface area (Å²) in [6.45, 7) is 2.74. The molecule has 0 bridgehead atoms. The molecule has 0 saturated carbocycles. The number of anilines is 3. The van der Waals surface area contributed by atoms with E-state index in [0.29, 0.717) is 12.1 Å². The summed E-state index contributed by atoms with van der Waals surface area (Å²) in [7, 11) is 0. The van der Waals surface area contributed by atoms with Gasteiger partial charge in [-0.1, -0.05) is 23.8 Å². The van der Waals surface area contributed by atoms with Gasteiger partial charge in [0.05, 0.1) is 12.0 Å². The number of hydrogen-bond donors (Lipinski definition) is 1. The fraction of sp³-hybridized carbons (Fsp3) is 0.269. The Kier molecular flexibility index (Phi) is 5.72. The van der Waals surface area contributed by atoms with Crippen LogP contribution in [0, 0.1) is 12.8 Å². The highest BCUT2D eigenvalue weighted by atomic mass is 32.1. The molecule has 6 nitrogen and oxygen atoms in total. The molecule has 0 aliphatic carbocycles. The quantitative estimate of drug-likeness (QED) is 0.589. The lowest BCUT2D eigenvalue weighted by atomic mass is 9.97. The molecule has 2 aromatic carbocycles. The Morgan fingerprint density at radius 3 is 2.33 bits per heavy atom. The number of benzene rings is 2. The molecule has 2 saturated heterocycles. The lowest BCUT2D eigenvalue weighted by Crippen LogP contribution is -2.32. The predicted octanol–water partition coefficient (Wildman–Crippen LogP) is 4.92. The Morgan fingerprint density at radius 2 is 1.70 bits per heavy atom. The fourth-order valence-corrected chi connectivity index (χ4v) is 5.53. The van der Waals surface area contributed by atoms with Gasteiger partial charge in [0.25, 0.3) is 0 Å². The van der Waals surface area contributed by atoms with E-state index in [-0.39, 0.29) is 30.2 Å². The molecule has 168 valence electrons. The number of nitrogens with one attached hydrogen (secondary N) is 1. The van der Waals surface area contributed by atoms with E-state index in [9.17, 15) is 14.4 Å². The first-order chi connectivity index (χ1) is 16.0. The molecule has 0 unspecified atom stereocenters. The molecule has 0 spiro atoms. The van der Waals surface area contributed by atoms with E-state index in [1.165, 1.54) is 0 Å². The number of aryl methyl sites for hydroxylation is 1. The first-order valence-electron chi connectivity index (χ1n) is 11.1. The van der Waals surface area contributed by atoms with Crippen molar-refractivity contribution in [1.29, 1.82) is 0 Å². The second-order valence-electron chi connectivity index (χ2n) is 8.56. The zero-order valence-electron chi connectivity index (χ0n) is 18.4. The monoisotopic (exact) mass is 459 g/mol. The molecule has 5 rings (SSSR count). The minimum absolute atomic E-state index is 0.0553. The van der Waals surface area contributed by atoms with Gasteiger partial charge < -0.3 is 15.1 Å². The maximum absolute atomic E-state index is 13.3. The van der Waals surface area contributed by atoms with Crippen molar-refractivity contribution in [3.05, 3.63) is 76.5 Å². The van der Waals surface area contributed by atoms with E-state index >= 15 is 0 Å². The number of carbonyl (C=O) groups excluding carboxylic acids is 3. The van der Waals surface area contributed by atoms with Crippen molar-refractivity contribution >= 4 is 46.1 Å². The lowest BCUT2D eigenvalue weighted by Gasteiger charge is -2.27. The molecule has 3 heterocycles. The predicted molar refractivity (Wildman–Crippen MR) is 130 cm³/mol. The first kappa shape index (κ1) is 21.4. The van der Waals surface area contributed by atoms with E-state index < -0.39 is 5.92 Å². The highest BCUT2D eigenvalue weighted by molar-refractivity contribution is 7.10. The summed E-state index contributed by atoms with van der Waals surface area (Å²) in [5.74, 6) is -0.606. The summed E-state index contributed by atoms with van der Waals surface area (Å²) in [6.07, 6.45) is 1.60. The first-order valence-corrected chi connectivity index (χ1v) is 12.0. The Hall–Kier alpha value is -3.45. The molecular weight excluding hydrogens is 434 g/mol. The summed E-state index contributed by atoms with van der Waals surface area (Å²) < 4.78 is 0. The molecule has 3 aromatic rings. The molecule has 2 atom stereocenters. The zero-order valence-corrected chi connectivity index (χ0v) is 19.2. The van der Waals surface area contributed by atoms with Gasteiger partial charge in [0.2, 0.25) is 17.7 Å². The Labute approximate surface area is 196 Å².